The smallest absolute Gasteiger partial charge is 0.220 e. The number of halogens is 1. The van der Waals surface area contributed by atoms with E-state index in [0.29, 0.717) is 5.56 Å². The average Bonchev–Trinajstić information content (AvgIpc) is 2.44. The fraction of sp³-hybridized carbons (Fsp3) is 0.200. The first-order chi connectivity index (χ1) is 6.50. The Labute approximate surface area is 86.7 Å². The van der Waals surface area contributed by atoms with E-state index in [0.717, 1.165) is 10.9 Å². The van der Waals surface area contributed by atoms with E-state index in [4.69, 9.17) is 17.3 Å². The highest BCUT2D eigenvalue weighted by Gasteiger charge is 2.24. The molecular weight excluding hydrogens is 200 g/mol. The highest BCUT2D eigenvalue weighted by molar-refractivity contribution is 6.23. The van der Waals surface area contributed by atoms with Crippen LogP contribution in [-0.2, 0) is 12.2 Å². The van der Waals surface area contributed by atoms with Crippen LogP contribution in [0.15, 0.2) is 30.5 Å². The summed E-state index contributed by atoms with van der Waals surface area (Å²) in [6.07, 6.45) is 1.73. The number of hydrogen-bond donors (Lipinski definition) is 2. The molecule has 3 nitrogen and oxygen atoms in total. The molecular formula is C10H11ClN2O. The van der Waals surface area contributed by atoms with Crippen LogP contribution in [0.4, 0.5) is 0 Å². The third-order valence-electron chi connectivity index (χ3n) is 2.27. The fourth-order valence-electron chi connectivity index (χ4n) is 1.62. The second kappa shape index (κ2) is 2.98. The van der Waals surface area contributed by atoms with Crippen molar-refractivity contribution in [3.8, 4) is 0 Å². The van der Waals surface area contributed by atoms with Gasteiger partial charge in [-0.15, -0.1) is 0 Å². The quantitative estimate of drug-likeness (QED) is 0.426. The first-order valence-electron chi connectivity index (χ1n) is 4.25. The zero-order valence-corrected chi connectivity index (χ0v) is 8.49. The molecule has 1 atom stereocenters. The zero-order chi connectivity index (χ0) is 10.3. The Kier molecular flexibility index (Phi) is 2.03. The third-order valence-corrected chi connectivity index (χ3v) is 2.48. The maximum absolute atomic E-state index is 9.53. The summed E-state index contributed by atoms with van der Waals surface area (Å²) in [7, 11) is 1.88. The molecule has 0 spiro atoms. The Balaban J connectivity index is 2.80. The molecule has 1 aromatic carbocycles. The zero-order valence-electron chi connectivity index (χ0n) is 7.74. The van der Waals surface area contributed by atoms with Crippen molar-refractivity contribution in [2.75, 3.05) is 0 Å². The highest BCUT2D eigenvalue weighted by atomic mass is 35.5. The van der Waals surface area contributed by atoms with Crippen LogP contribution in [0.25, 0.3) is 10.9 Å². The Morgan fingerprint density at radius 2 is 2.07 bits per heavy atom. The second-order valence-electron chi connectivity index (χ2n) is 3.34. The molecule has 0 saturated carbocycles. The molecule has 0 bridgehead atoms. The first kappa shape index (κ1) is 9.52. The van der Waals surface area contributed by atoms with Crippen LogP contribution in [-0.4, -0.2) is 9.67 Å². The Bertz CT molecular complexity index is 470. The largest absolute Gasteiger partial charge is 0.359 e. The van der Waals surface area contributed by atoms with E-state index >= 15 is 0 Å². The molecule has 0 fully saturated rings. The van der Waals surface area contributed by atoms with Crippen LogP contribution in [0.5, 0.6) is 0 Å². The van der Waals surface area contributed by atoms with Gasteiger partial charge >= 0.3 is 0 Å². The predicted octanol–water partition coefficient (Wildman–Crippen LogP) is 1.48. The minimum atomic E-state index is -1.80. The van der Waals surface area contributed by atoms with E-state index in [-0.39, 0.29) is 0 Å². The molecule has 0 aliphatic rings. The number of rotatable bonds is 1. The number of hydrogen-bond acceptors (Lipinski definition) is 2. The van der Waals surface area contributed by atoms with Crippen molar-refractivity contribution in [2.24, 2.45) is 12.8 Å². The van der Waals surface area contributed by atoms with Crippen LogP contribution >= 0.6 is 11.6 Å². The molecule has 0 radical (unpaired) electrons. The summed E-state index contributed by atoms with van der Waals surface area (Å²) in [4.78, 5) is 0. The summed E-state index contributed by atoms with van der Waals surface area (Å²) >= 11 is 5.67. The summed E-state index contributed by atoms with van der Waals surface area (Å²) in [5, 5.41) is 8.60. The van der Waals surface area contributed by atoms with Gasteiger partial charge in [0.15, 0.2) is 0 Å². The SMILES string of the molecule is Cn1cc(C(N)(O)Cl)c2ccccc21. The van der Waals surface area contributed by atoms with Crippen molar-refractivity contribution in [3.63, 3.8) is 0 Å². The van der Waals surface area contributed by atoms with E-state index in [1.54, 1.807) is 6.20 Å². The highest BCUT2D eigenvalue weighted by Crippen LogP contribution is 2.29. The lowest BCUT2D eigenvalue weighted by Gasteiger charge is -2.12. The number of nitrogens with zero attached hydrogens (tertiary/aromatic N) is 1. The van der Waals surface area contributed by atoms with Crippen LogP contribution in [0.3, 0.4) is 0 Å². The normalized spacial score (nSPS) is 15.7. The van der Waals surface area contributed by atoms with Gasteiger partial charge in [-0.05, 0) is 6.07 Å². The van der Waals surface area contributed by atoms with Gasteiger partial charge in [0, 0.05) is 29.7 Å². The van der Waals surface area contributed by atoms with Gasteiger partial charge in [0.25, 0.3) is 0 Å². The number of alkyl halides is 1. The first-order valence-corrected chi connectivity index (χ1v) is 4.62. The third kappa shape index (κ3) is 1.39. The van der Waals surface area contributed by atoms with Gasteiger partial charge in [-0.1, -0.05) is 29.8 Å². The van der Waals surface area contributed by atoms with Crippen LogP contribution in [0.2, 0.25) is 0 Å². The van der Waals surface area contributed by atoms with Crippen molar-refractivity contribution in [1.29, 1.82) is 0 Å². The number of para-hydroxylation sites is 1. The Morgan fingerprint density at radius 1 is 1.43 bits per heavy atom. The lowest BCUT2D eigenvalue weighted by atomic mass is 10.1. The van der Waals surface area contributed by atoms with Gasteiger partial charge in [-0.25, -0.2) is 0 Å². The number of nitrogens with two attached hydrogens (primary N) is 1. The van der Waals surface area contributed by atoms with Crippen molar-refractivity contribution < 1.29 is 5.11 Å². The van der Waals surface area contributed by atoms with Crippen molar-refractivity contribution in [2.45, 2.75) is 5.18 Å². The molecule has 0 saturated heterocycles. The van der Waals surface area contributed by atoms with E-state index < -0.39 is 5.18 Å². The predicted molar refractivity (Wildman–Crippen MR) is 56.9 cm³/mol. The summed E-state index contributed by atoms with van der Waals surface area (Å²) in [5.41, 5.74) is 6.96. The average molecular weight is 211 g/mol. The molecule has 2 rings (SSSR count). The number of aryl methyl sites for hydroxylation is 1. The summed E-state index contributed by atoms with van der Waals surface area (Å²) in [6, 6.07) is 7.64. The van der Waals surface area contributed by atoms with Gasteiger partial charge in [-0.2, -0.15) is 0 Å². The van der Waals surface area contributed by atoms with E-state index in [1.807, 2.05) is 35.9 Å². The summed E-state index contributed by atoms with van der Waals surface area (Å²) < 4.78 is 1.88. The van der Waals surface area contributed by atoms with Crippen molar-refractivity contribution >= 4 is 22.5 Å². The van der Waals surface area contributed by atoms with Gasteiger partial charge in [0.2, 0.25) is 5.18 Å². The second-order valence-corrected chi connectivity index (χ2v) is 3.92. The number of aromatic nitrogens is 1. The summed E-state index contributed by atoms with van der Waals surface area (Å²) in [5.74, 6) is 0. The monoisotopic (exact) mass is 210 g/mol. The van der Waals surface area contributed by atoms with Gasteiger partial charge in [0.05, 0.1) is 0 Å². The Morgan fingerprint density at radius 3 is 2.71 bits per heavy atom. The maximum atomic E-state index is 9.53. The van der Waals surface area contributed by atoms with Crippen LogP contribution < -0.4 is 5.73 Å². The van der Waals surface area contributed by atoms with E-state index in [1.165, 1.54) is 0 Å². The number of benzene rings is 1. The molecule has 74 valence electrons. The van der Waals surface area contributed by atoms with Gasteiger partial charge in [0.1, 0.15) is 0 Å². The lowest BCUT2D eigenvalue weighted by Crippen LogP contribution is -2.28. The molecule has 1 unspecified atom stereocenters. The van der Waals surface area contributed by atoms with Crippen LogP contribution in [0.1, 0.15) is 5.56 Å². The standard InChI is InChI=1S/C10H11ClN2O/c1-13-6-8(10(11,12)14)7-4-2-3-5-9(7)13/h2-6,14H,12H2,1H3. The van der Waals surface area contributed by atoms with E-state index in [2.05, 4.69) is 0 Å². The fourth-order valence-corrected chi connectivity index (χ4v) is 1.77. The Hall–Kier alpha value is -1.03. The molecule has 0 amide bonds. The van der Waals surface area contributed by atoms with Crippen molar-refractivity contribution in [1.82, 2.24) is 4.57 Å². The molecule has 0 aliphatic heterocycles. The van der Waals surface area contributed by atoms with Crippen molar-refractivity contribution in [3.05, 3.63) is 36.0 Å². The van der Waals surface area contributed by atoms with E-state index in [9.17, 15) is 5.11 Å². The molecule has 1 heterocycles. The molecule has 1 aromatic heterocycles. The molecule has 14 heavy (non-hydrogen) atoms. The molecule has 3 N–H and O–H groups in total. The molecule has 0 aliphatic carbocycles. The maximum Gasteiger partial charge on any atom is 0.220 e. The molecule has 4 heteroatoms. The summed E-state index contributed by atoms with van der Waals surface area (Å²) in [6.45, 7) is 0. The number of aliphatic hydroxyl groups is 1. The van der Waals surface area contributed by atoms with Gasteiger partial charge < -0.3 is 9.67 Å². The van der Waals surface area contributed by atoms with Crippen LogP contribution in [0, 0.1) is 0 Å². The topological polar surface area (TPSA) is 51.2 Å². The minimum absolute atomic E-state index is 0.525. The van der Waals surface area contributed by atoms with Gasteiger partial charge in [-0.3, -0.25) is 5.73 Å². The molecule has 2 aromatic rings. The number of fused-ring (bicyclic) bond motifs is 1. The minimum Gasteiger partial charge on any atom is -0.359 e. The lowest BCUT2D eigenvalue weighted by molar-refractivity contribution is 0.138.